The van der Waals surface area contributed by atoms with Crippen LogP contribution in [0.2, 0.25) is 0 Å². The summed E-state index contributed by atoms with van der Waals surface area (Å²) in [4.78, 5) is 25.8. The van der Waals surface area contributed by atoms with Crippen LogP contribution in [-0.4, -0.2) is 42.2 Å². The first-order chi connectivity index (χ1) is 18.5. The van der Waals surface area contributed by atoms with Gasteiger partial charge in [-0.3, -0.25) is 9.69 Å². The van der Waals surface area contributed by atoms with Crippen LogP contribution in [-0.2, 0) is 17.9 Å². The Bertz CT molecular complexity index is 1130. The Morgan fingerprint density at radius 2 is 1.29 bits per heavy atom. The highest BCUT2D eigenvalue weighted by molar-refractivity contribution is 5.91. The molecule has 0 aliphatic rings. The molecule has 7 nitrogen and oxygen atoms in total. The lowest BCUT2D eigenvalue weighted by Crippen LogP contribution is -2.28. The van der Waals surface area contributed by atoms with Gasteiger partial charge in [0.1, 0.15) is 17.2 Å². The lowest BCUT2D eigenvalue weighted by molar-refractivity contribution is -0.138. The van der Waals surface area contributed by atoms with Crippen molar-refractivity contribution >= 4 is 11.9 Å². The van der Waals surface area contributed by atoms with Gasteiger partial charge < -0.3 is 19.3 Å². The minimum Gasteiger partial charge on any atom is -0.497 e. The molecule has 0 spiro atoms. The first-order valence-electron chi connectivity index (χ1n) is 13.1. The van der Waals surface area contributed by atoms with E-state index < -0.39 is 11.9 Å². The van der Waals surface area contributed by atoms with Crippen LogP contribution in [0.4, 0.5) is 0 Å². The molecule has 0 aromatic heterocycles. The molecule has 0 radical (unpaired) electrons. The number of methoxy groups -OCH3 is 1. The molecule has 0 amide bonds. The van der Waals surface area contributed by atoms with Crippen molar-refractivity contribution in [2.45, 2.75) is 52.1 Å². The van der Waals surface area contributed by atoms with E-state index in [-0.39, 0.29) is 6.54 Å². The molecule has 38 heavy (non-hydrogen) atoms. The van der Waals surface area contributed by atoms with Gasteiger partial charge in [0.15, 0.2) is 0 Å². The number of ether oxygens (including phenoxy) is 3. The molecule has 0 aliphatic heterocycles. The lowest BCUT2D eigenvalue weighted by Gasteiger charge is -2.21. The fraction of sp³-hybridized carbons (Fsp3) is 0.355. The third kappa shape index (κ3) is 9.90. The number of hydrogen-bond acceptors (Lipinski definition) is 6. The second-order valence-electron chi connectivity index (χ2n) is 9.21. The largest absolute Gasteiger partial charge is 0.497 e. The first-order valence-corrected chi connectivity index (χ1v) is 13.1. The van der Waals surface area contributed by atoms with Crippen LogP contribution in [0.25, 0.3) is 0 Å². The van der Waals surface area contributed by atoms with Gasteiger partial charge >= 0.3 is 11.9 Å². The minimum absolute atomic E-state index is 0.0959. The van der Waals surface area contributed by atoms with Gasteiger partial charge in [-0.05, 0) is 66.1 Å². The molecule has 0 saturated carbocycles. The summed E-state index contributed by atoms with van der Waals surface area (Å²) in [6.45, 7) is 3.69. The van der Waals surface area contributed by atoms with E-state index in [1.807, 2.05) is 41.3 Å². The molecule has 0 heterocycles. The van der Waals surface area contributed by atoms with Crippen molar-refractivity contribution in [3.8, 4) is 17.2 Å². The molecule has 0 saturated heterocycles. The highest BCUT2D eigenvalue weighted by Gasteiger charge is 2.13. The molecular formula is C31H37NO6. The normalized spacial score (nSPS) is 10.8. The summed E-state index contributed by atoms with van der Waals surface area (Å²) >= 11 is 0. The van der Waals surface area contributed by atoms with E-state index in [1.54, 1.807) is 43.5 Å². The van der Waals surface area contributed by atoms with Crippen molar-refractivity contribution in [3.63, 3.8) is 0 Å². The Kier molecular flexibility index (Phi) is 11.7. The monoisotopic (exact) mass is 519 g/mol. The van der Waals surface area contributed by atoms with E-state index in [2.05, 4.69) is 6.92 Å². The molecule has 3 aromatic rings. The number of nitrogens with zero attached hydrogens (tertiary/aromatic N) is 1. The molecule has 3 rings (SSSR count). The topological polar surface area (TPSA) is 85.3 Å². The van der Waals surface area contributed by atoms with Crippen LogP contribution in [0.1, 0.15) is 60.5 Å². The van der Waals surface area contributed by atoms with Crippen LogP contribution < -0.4 is 14.2 Å². The van der Waals surface area contributed by atoms with Gasteiger partial charge in [0.25, 0.3) is 0 Å². The highest BCUT2D eigenvalue weighted by atomic mass is 16.5. The number of aliphatic carboxylic acids is 1. The van der Waals surface area contributed by atoms with Crippen molar-refractivity contribution < 1.29 is 28.9 Å². The number of carbonyl (C=O) groups is 2. The summed E-state index contributed by atoms with van der Waals surface area (Å²) in [5.41, 5.74) is 2.34. The van der Waals surface area contributed by atoms with E-state index in [1.165, 1.54) is 19.3 Å². The summed E-state index contributed by atoms with van der Waals surface area (Å²) in [7, 11) is 1.61. The predicted octanol–water partition coefficient (Wildman–Crippen LogP) is 6.35. The maximum absolute atomic E-state index is 12.6. The Balaban J connectivity index is 1.51. The quantitative estimate of drug-likeness (QED) is 0.134. The van der Waals surface area contributed by atoms with Crippen LogP contribution >= 0.6 is 0 Å². The van der Waals surface area contributed by atoms with Crippen molar-refractivity contribution in [2.75, 3.05) is 20.3 Å². The molecule has 0 atom stereocenters. The van der Waals surface area contributed by atoms with Crippen LogP contribution in [0.5, 0.6) is 17.2 Å². The van der Waals surface area contributed by atoms with E-state index in [9.17, 15) is 14.7 Å². The summed E-state index contributed by atoms with van der Waals surface area (Å²) in [5.74, 6) is 0.567. The zero-order chi connectivity index (χ0) is 27.2. The Hall–Kier alpha value is -3.84. The maximum atomic E-state index is 12.6. The SMILES string of the molecule is CCCCCCCOc1ccc(C(=O)Oc2ccc(CN(CC(=O)O)Cc3ccc(OC)cc3)cc2)cc1. The average Bonchev–Trinajstić information content (AvgIpc) is 2.92. The summed E-state index contributed by atoms with van der Waals surface area (Å²) in [6, 6.07) is 21.6. The number of hydrogen-bond donors (Lipinski definition) is 1. The smallest absolute Gasteiger partial charge is 0.343 e. The molecule has 0 bridgehead atoms. The standard InChI is InChI=1S/C31H37NO6/c1-3-4-5-6-7-20-37-28-18-12-26(13-19-28)31(35)38-29-16-10-25(11-17-29)22-32(23-30(33)34)21-24-8-14-27(36-2)15-9-24/h8-19H,3-7,20-23H2,1-2H3,(H,33,34). The number of unbranched alkanes of at least 4 members (excludes halogenated alkanes) is 4. The summed E-state index contributed by atoms with van der Waals surface area (Å²) < 4.78 is 16.5. The molecule has 0 fully saturated rings. The van der Waals surface area contributed by atoms with Gasteiger partial charge in [-0.1, -0.05) is 56.9 Å². The molecule has 3 aromatic carbocycles. The number of carbonyl (C=O) groups excluding carboxylic acids is 1. The highest BCUT2D eigenvalue weighted by Crippen LogP contribution is 2.19. The molecule has 1 N–H and O–H groups in total. The minimum atomic E-state index is -0.896. The number of benzene rings is 3. The van der Waals surface area contributed by atoms with Gasteiger partial charge in [-0.15, -0.1) is 0 Å². The van der Waals surface area contributed by atoms with Crippen LogP contribution in [0.15, 0.2) is 72.8 Å². The number of rotatable bonds is 16. The zero-order valence-electron chi connectivity index (χ0n) is 22.2. The third-order valence-electron chi connectivity index (χ3n) is 6.07. The van der Waals surface area contributed by atoms with Gasteiger partial charge in [0.2, 0.25) is 0 Å². The second-order valence-corrected chi connectivity index (χ2v) is 9.21. The first kappa shape index (κ1) is 28.7. The van der Waals surface area contributed by atoms with Crippen molar-refractivity contribution in [1.29, 1.82) is 0 Å². The van der Waals surface area contributed by atoms with Gasteiger partial charge in [-0.25, -0.2) is 4.79 Å². The molecular weight excluding hydrogens is 482 g/mol. The predicted molar refractivity (Wildman–Crippen MR) is 147 cm³/mol. The van der Waals surface area contributed by atoms with E-state index in [0.717, 1.165) is 35.5 Å². The van der Waals surface area contributed by atoms with E-state index in [4.69, 9.17) is 14.2 Å². The number of carboxylic acid groups (broad SMARTS) is 1. The Morgan fingerprint density at radius 1 is 0.737 bits per heavy atom. The van der Waals surface area contributed by atoms with Gasteiger partial charge in [-0.2, -0.15) is 0 Å². The summed E-state index contributed by atoms with van der Waals surface area (Å²) in [5, 5.41) is 9.35. The number of esters is 1. The maximum Gasteiger partial charge on any atom is 0.343 e. The zero-order valence-corrected chi connectivity index (χ0v) is 22.2. The van der Waals surface area contributed by atoms with Gasteiger partial charge in [0, 0.05) is 13.1 Å². The second kappa shape index (κ2) is 15.4. The fourth-order valence-corrected chi connectivity index (χ4v) is 4.02. The van der Waals surface area contributed by atoms with Gasteiger partial charge in [0.05, 0.1) is 25.8 Å². The van der Waals surface area contributed by atoms with E-state index >= 15 is 0 Å². The van der Waals surface area contributed by atoms with Crippen molar-refractivity contribution in [1.82, 2.24) is 4.90 Å². The third-order valence-corrected chi connectivity index (χ3v) is 6.07. The summed E-state index contributed by atoms with van der Waals surface area (Å²) in [6.07, 6.45) is 5.90. The molecule has 0 unspecified atom stereocenters. The average molecular weight is 520 g/mol. The van der Waals surface area contributed by atoms with Crippen LogP contribution in [0, 0.1) is 0 Å². The molecule has 0 aliphatic carbocycles. The fourth-order valence-electron chi connectivity index (χ4n) is 4.02. The number of carboxylic acids is 1. The molecule has 202 valence electrons. The molecule has 7 heteroatoms. The van der Waals surface area contributed by atoms with Crippen LogP contribution in [0.3, 0.4) is 0 Å². The van der Waals surface area contributed by atoms with E-state index in [0.29, 0.717) is 31.0 Å². The van der Waals surface area contributed by atoms with Crippen molar-refractivity contribution in [2.24, 2.45) is 0 Å². The Morgan fingerprint density at radius 3 is 1.84 bits per heavy atom. The lowest BCUT2D eigenvalue weighted by atomic mass is 10.1. The van der Waals surface area contributed by atoms with Crippen molar-refractivity contribution in [3.05, 3.63) is 89.5 Å². The Labute approximate surface area is 225 Å².